The second-order valence-corrected chi connectivity index (χ2v) is 3.46. The molecular formula is C10H13ClN. The van der Waals surface area contributed by atoms with E-state index in [0.717, 1.165) is 11.6 Å². The van der Waals surface area contributed by atoms with Gasteiger partial charge in [0, 0.05) is 18.0 Å². The summed E-state index contributed by atoms with van der Waals surface area (Å²) in [7, 11) is 4.09. The Morgan fingerprint density at radius 2 is 2.17 bits per heavy atom. The SMILES string of the molecule is CN(C)C[CH]c1cccc(Cl)c1. The molecule has 0 fully saturated rings. The molecule has 12 heavy (non-hydrogen) atoms. The molecule has 1 radical (unpaired) electrons. The summed E-state index contributed by atoms with van der Waals surface area (Å²) in [5, 5.41) is 0.794. The van der Waals surface area contributed by atoms with Crippen molar-refractivity contribution >= 4 is 11.6 Å². The predicted octanol–water partition coefficient (Wildman–Crippen LogP) is 2.45. The van der Waals surface area contributed by atoms with Crippen LogP contribution in [0.5, 0.6) is 0 Å². The van der Waals surface area contributed by atoms with Crippen LogP contribution >= 0.6 is 11.6 Å². The van der Waals surface area contributed by atoms with Gasteiger partial charge in [-0.2, -0.15) is 0 Å². The highest BCUT2D eigenvalue weighted by Crippen LogP contribution is 2.11. The quantitative estimate of drug-likeness (QED) is 0.694. The summed E-state index contributed by atoms with van der Waals surface area (Å²) in [5.74, 6) is 0. The van der Waals surface area contributed by atoms with Gasteiger partial charge in [-0.25, -0.2) is 0 Å². The van der Waals surface area contributed by atoms with Crippen LogP contribution in [0.4, 0.5) is 0 Å². The molecule has 1 nitrogen and oxygen atoms in total. The highest BCUT2D eigenvalue weighted by atomic mass is 35.5. The van der Waals surface area contributed by atoms with Gasteiger partial charge in [0.2, 0.25) is 0 Å². The van der Waals surface area contributed by atoms with Crippen molar-refractivity contribution in [1.29, 1.82) is 0 Å². The molecule has 1 aromatic rings. The third-order valence-corrected chi connectivity index (χ3v) is 1.78. The first kappa shape index (κ1) is 9.56. The third kappa shape index (κ3) is 3.24. The number of hydrogen-bond donors (Lipinski definition) is 0. The lowest BCUT2D eigenvalue weighted by Crippen LogP contribution is -2.13. The molecule has 0 atom stereocenters. The van der Waals surface area contributed by atoms with Gasteiger partial charge >= 0.3 is 0 Å². The standard InChI is InChI=1S/C10H13ClN/c1-12(2)7-6-9-4-3-5-10(11)8-9/h3-6,8H,7H2,1-2H3. The van der Waals surface area contributed by atoms with E-state index in [4.69, 9.17) is 11.6 Å². The van der Waals surface area contributed by atoms with Gasteiger partial charge in [-0.05, 0) is 31.8 Å². The van der Waals surface area contributed by atoms with E-state index in [1.807, 2.05) is 32.3 Å². The fraction of sp³-hybridized carbons (Fsp3) is 0.300. The number of likely N-dealkylation sites (N-methyl/N-ethyl adjacent to an activating group) is 1. The van der Waals surface area contributed by atoms with Crippen molar-refractivity contribution in [1.82, 2.24) is 4.90 Å². The molecule has 65 valence electrons. The van der Waals surface area contributed by atoms with Crippen molar-refractivity contribution in [2.45, 2.75) is 0 Å². The molecule has 1 aromatic carbocycles. The fourth-order valence-corrected chi connectivity index (χ4v) is 1.12. The Morgan fingerprint density at radius 3 is 2.75 bits per heavy atom. The van der Waals surface area contributed by atoms with Crippen LogP contribution in [0.2, 0.25) is 5.02 Å². The van der Waals surface area contributed by atoms with Crippen molar-refractivity contribution in [2.75, 3.05) is 20.6 Å². The Labute approximate surface area is 79.0 Å². The molecule has 0 unspecified atom stereocenters. The number of rotatable bonds is 3. The Balaban J connectivity index is 2.52. The molecule has 0 aliphatic carbocycles. The van der Waals surface area contributed by atoms with Crippen molar-refractivity contribution < 1.29 is 0 Å². The Bertz CT molecular complexity index is 245. The van der Waals surface area contributed by atoms with E-state index in [2.05, 4.69) is 17.4 Å². The second-order valence-electron chi connectivity index (χ2n) is 3.02. The number of benzene rings is 1. The highest BCUT2D eigenvalue weighted by molar-refractivity contribution is 6.30. The van der Waals surface area contributed by atoms with Crippen molar-refractivity contribution in [3.8, 4) is 0 Å². The molecule has 0 heterocycles. The van der Waals surface area contributed by atoms with Gasteiger partial charge in [-0.3, -0.25) is 0 Å². The van der Waals surface area contributed by atoms with Gasteiger partial charge in [0.25, 0.3) is 0 Å². The van der Waals surface area contributed by atoms with Gasteiger partial charge in [-0.1, -0.05) is 23.7 Å². The predicted molar refractivity (Wildman–Crippen MR) is 53.4 cm³/mol. The largest absolute Gasteiger partial charge is 0.309 e. The molecule has 0 aliphatic rings. The molecule has 0 saturated carbocycles. The van der Waals surface area contributed by atoms with Gasteiger partial charge in [0.15, 0.2) is 0 Å². The number of halogens is 1. The smallest absolute Gasteiger partial charge is 0.0408 e. The molecule has 0 N–H and O–H groups in total. The first-order chi connectivity index (χ1) is 5.68. The third-order valence-electron chi connectivity index (χ3n) is 1.54. The molecule has 0 aliphatic heterocycles. The van der Waals surface area contributed by atoms with Gasteiger partial charge in [0.05, 0.1) is 0 Å². The maximum absolute atomic E-state index is 5.83. The van der Waals surface area contributed by atoms with Crippen molar-refractivity contribution in [3.05, 3.63) is 41.3 Å². The van der Waals surface area contributed by atoms with Crippen LogP contribution in [0, 0.1) is 6.42 Å². The average molecular weight is 183 g/mol. The molecule has 0 saturated heterocycles. The zero-order valence-corrected chi connectivity index (χ0v) is 8.17. The Morgan fingerprint density at radius 1 is 1.42 bits per heavy atom. The number of hydrogen-bond acceptors (Lipinski definition) is 1. The second kappa shape index (κ2) is 4.48. The first-order valence-electron chi connectivity index (χ1n) is 3.92. The van der Waals surface area contributed by atoms with Crippen LogP contribution in [0.15, 0.2) is 24.3 Å². The van der Waals surface area contributed by atoms with Crippen LogP contribution < -0.4 is 0 Å². The van der Waals surface area contributed by atoms with E-state index >= 15 is 0 Å². The monoisotopic (exact) mass is 182 g/mol. The number of nitrogens with zero attached hydrogens (tertiary/aromatic N) is 1. The van der Waals surface area contributed by atoms with Crippen LogP contribution in [0.25, 0.3) is 0 Å². The van der Waals surface area contributed by atoms with Gasteiger partial charge < -0.3 is 4.90 Å². The normalized spacial score (nSPS) is 10.7. The summed E-state index contributed by atoms with van der Waals surface area (Å²) in [6, 6.07) is 7.86. The summed E-state index contributed by atoms with van der Waals surface area (Å²) in [4.78, 5) is 2.11. The maximum atomic E-state index is 5.83. The van der Waals surface area contributed by atoms with E-state index in [0.29, 0.717) is 0 Å². The van der Waals surface area contributed by atoms with E-state index in [-0.39, 0.29) is 0 Å². The fourth-order valence-electron chi connectivity index (χ4n) is 0.922. The topological polar surface area (TPSA) is 3.24 Å². The van der Waals surface area contributed by atoms with Crippen LogP contribution in [0.3, 0.4) is 0 Å². The molecule has 0 amide bonds. The van der Waals surface area contributed by atoms with Crippen molar-refractivity contribution in [3.63, 3.8) is 0 Å². The van der Waals surface area contributed by atoms with Crippen LogP contribution in [-0.2, 0) is 0 Å². The molecule has 2 heteroatoms. The summed E-state index contributed by atoms with van der Waals surface area (Å²) in [6.45, 7) is 0.945. The minimum Gasteiger partial charge on any atom is -0.309 e. The van der Waals surface area contributed by atoms with Crippen LogP contribution in [0.1, 0.15) is 5.56 Å². The van der Waals surface area contributed by atoms with Crippen LogP contribution in [-0.4, -0.2) is 25.5 Å². The molecule has 0 spiro atoms. The van der Waals surface area contributed by atoms with Gasteiger partial charge in [0.1, 0.15) is 0 Å². The van der Waals surface area contributed by atoms with E-state index in [9.17, 15) is 0 Å². The lowest BCUT2D eigenvalue weighted by Gasteiger charge is -2.08. The zero-order valence-electron chi connectivity index (χ0n) is 7.42. The minimum atomic E-state index is 0.794. The van der Waals surface area contributed by atoms with E-state index < -0.39 is 0 Å². The Hall–Kier alpha value is -0.530. The summed E-state index contributed by atoms with van der Waals surface area (Å²) < 4.78 is 0. The van der Waals surface area contributed by atoms with Gasteiger partial charge in [-0.15, -0.1) is 0 Å². The molecule has 0 aromatic heterocycles. The van der Waals surface area contributed by atoms with Crippen molar-refractivity contribution in [2.24, 2.45) is 0 Å². The van der Waals surface area contributed by atoms with E-state index in [1.165, 1.54) is 5.56 Å². The highest BCUT2D eigenvalue weighted by Gasteiger charge is 1.95. The maximum Gasteiger partial charge on any atom is 0.0408 e. The Kier molecular flexibility index (Phi) is 3.57. The lowest BCUT2D eigenvalue weighted by atomic mass is 10.1. The average Bonchev–Trinajstić information content (AvgIpc) is 2.01. The molecule has 1 rings (SSSR count). The summed E-state index contributed by atoms with van der Waals surface area (Å²) in [5.41, 5.74) is 1.18. The molecule has 0 bridgehead atoms. The summed E-state index contributed by atoms with van der Waals surface area (Å²) in [6.07, 6.45) is 2.14. The molecular weight excluding hydrogens is 170 g/mol. The zero-order chi connectivity index (χ0) is 8.97. The lowest BCUT2D eigenvalue weighted by molar-refractivity contribution is 0.445. The summed E-state index contributed by atoms with van der Waals surface area (Å²) >= 11 is 5.83. The van der Waals surface area contributed by atoms with E-state index in [1.54, 1.807) is 0 Å². The first-order valence-corrected chi connectivity index (χ1v) is 4.30. The minimum absolute atomic E-state index is 0.794.